The lowest BCUT2D eigenvalue weighted by Crippen LogP contribution is -2.33. The Morgan fingerprint density at radius 2 is 2.10 bits per heavy atom. The minimum Gasteiger partial charge on any atom is -0.465 e. The Morgan fingerprint density at radius 3 is 2.79 bits per heavy atom. The monoisotopic (exact) mass is 401 g/mol. The van der Waals surface area contributed by atoms with Crippen molar-refractivity contribution >= 4 is 23.6 Å². The molecule has 1 amide bonds. The molecule has 3 rings (SSSR count). The molecule has 0 saturated heterocycles. The lowest BCUT2D eigenvalue weighted by molar-refractivity contribution is -0.123. The molecule has 1 atom stereocenters. The number of esters is 1. The number of hydrogen-bond donors (Lipinski definition) is 4. The van der Waals surface area contributed by atoms with Gasteiger partial charge in [0.2, 0.25) is 11.9 Å². The van der Waals surface area contributed by atoms with Crippen LogP contribution in [0.25, 0.3) is 0 Å². The zero-order chi connectivity index (χ0) is 21.2. The van der Waals surface area contributed by atoms with E-state index < -0.39 is 5.41 Å². The summed E-state index contributed by atoms with van der Waals surface area (Å²) in [5.41, 5.74) is 1.21. The number of amides is 1. The van der Waals surface area contributed by atoms with Crippen LogP contribution < -0.4 is 16.2 Å². The van der Waals surface area contributed by atoms with E-state index in [2.05, 4.69) is 25.6 Å². The third-order valence-electron chi connectivity index (χ3n) is 4.97. The van der Waals surface area contributed by atoms with Crippen molar-refractivity contribution in [2.45, 2.75) is 40.0 Å². The van der Waals surface area contributed by atoms with Crippen molar-refractivity contribution in [1.29, 1.82) is 0 Å². The molecule has 0 aromatic carbocycles. The van der Waals surface area contributed by atoms with Crippen molar-refractivity contribution in [3.63, 3.8) is 0 Å². The van der Waals surface area contributed by atoms with Gasteiger partial charge < -0.3 is 15.0 Å². The average molecular weight is 401 g/mol. The summed E-state index contributed by atoms with van der Waals surface area (Å²) in [5, 5.41) is 5.87. The van der Waals surface area contributed by atoms with Crippen molar-refractivity contribution in [2.24, 2.45) is 11.3 Å². The molecule has 156 valence electrons. The van der Waals surface area contributed by atoms with Crippen LogP contribution in [0.4, 0.5) is 11.8 Å². The maximum absolute atomic E-state index is 12.5. The quantitative estimate of drug-likeness (QED) is 0.568. The number of methoxy groups -OCH3 is 1. The first-order valence-corrected chi connectivity index (χ1v) is 9.61. The van der Waals surface area contributed by atoms with Crippen LogP contribution in [0.5, 0.6) is 0 Å². The Balaban J connectivity index is 1.63. The molecule has 29 heavy (non-hydrogen) atoms. The number of carbonyl (C=O) groups is 2. The summed E-state index contributed by atoms with van der Waals surface area (Å²) in [6.07, 6.45) is 3.83. The van der Waals surface area contributed by atoms with Crippen LogP contribution >= 0.6 is 0 Å². The molecule has 0 saturated carbocycles. The van der Waals surface area contributed by atoms with Crippen molar-refractivity contribution in [3.05, 3.63) is 39.4 Å². The lowest BCUT2D eigenvalue weighted by atomic mass is 9.92. The minimum atomic E-state index is -0.585. The fourth-order valence-corrected chi connectivity index (χ4v) is 3.17. The number of nitrogens with zero attached hydrogens (tertiary/aromatic N) is 1. The van der Waals surface area contributed by atoms with E-state index in [1.165, 1.54) is 7.11 Å². The number of aryl methyl sites for hydroxylation is 1. The van der Waals surface area contributed by atoms with Crippen LogP contribution in [0.1, 0.15) is 48.8 Å². The summed E-state index contributed by atoms with van der Waals surface area (Å²) in [4.78, 5) is 46.3. The molecule has 0 fully saturated rings. The zero-order valence-corrected chi connectivity index (χ0v) is 17.1. The second-order valence-electron chi connectivity index (χ2n) is 8.34. The van der Waals surface area contributed by atoms with E-state index in [4.69, 9.17) is 4.74 Å². The number of H-pyrrole nitrogens is 2. The standard InChI is InChI=1S/C20H27N5O4/c1-20(2,3)18(28)25-19-23-15-14(16(26)24-19)7-11(9-22-15)5-6-13-8-12(10-21-13)17(27)29-4/h8,10-11,21H,5-7,9H2,1-4H3,(H3,22,23,24,25,26,28). The van der Waals surface area contributed by atoms with Crippen molar-refractivity contribution < 1.29 is 14.3 Å². The Bertz CT molecular complexity index is 970. The first kappa shape index (κ1) is 20.6. The van der Waals surface area contributed by atoms with Gasteiger partial charge in [-0.15, -0.1) is 0 Å². The van der Waals surface area contributed by atoms with E-state index in [1.54, 1.807) is 33.0 Å². The van der Waals surface area contributed by atoms with Crippen molar-refractivity contribution in [2.75, 3.05) is 24.3 Å². The highest BCUT2D eigenvalue weighted by Gasteiger charge is 2.25. The van der Waals surface area contributed by atoms with Gasteiger partial charge in [-0.05, 0) is 31.2 Å². The number of fused-ring (bicyclic) bond motifs is 1. The highest BCUT2D eigenvalue weighted by atomic mass is 16.5. The van der Waals surface area contributed by atoms with Gasteiger partial charge >= 0.3 is 5.97 Å². The molecule has 2 aromatic rings. The predicted molar refractivity (Wildman–Crippen MR) is 109 cm³/mol. The normalized spacial score (nSPS) is 15.9. The van der Waals surface area contributed by atoms with Gasteiger partial charge in [0.1, 0.15) is 5.82 Å². The Morgan fingerprint density at radius 1 is 1.34 bits per heavy atom. The highest BCUT2D eigenvalue weighted by molar-refractivity contribution is 5.93. The first-order chi connectivity index (χ1) is 13.7. The molecule has 3 heterocycles. The summed E-state index contributed by atoms with van der Waals surface area (Å²) in [5.74, 6) is 0.341. The number of anilines is 2. The van der Waals surface area contributed by atoms with Gasteiger partial charge in [-0.3, -0.25) is 19.9 Å². The summed E-state index contributed by atoms with van der Waals surface area (Å²) in [7, 11) is 1.35. The molecular formula is C20H27N5O4. The van der Waals surface area contributed by atoms with Gasteiger partial charge in [0, 0.05) is 23.9 Å². The van der Waals surface area contributed by atoms with Crippen LogP contribution in [-0.2, 0) is 22.4 Å². The first-order valence-electron chi connectivity index (χ1n) is 9.61. The molecule has 9 nitrogen and oxygen atoms in total. The molecule has 4 N–H and O–H groups in total. The molecule has 0 bridgehead atoms. The third kappa shape index (κ3) is 4.85. The van der Waals surface area contributed by atoms with Crippen LogP contribution in [0.2, 0.25) is 0 Å². The summed E-state index contributed by atoms with van der Waals surface area (Å²) in [6.45, 7) is 6.06. The second-order valence-corrected chi connectivity index (χ2v) is 8.34. The SMILES string of the molecule is COC(=O)c1c[nH]c(CCC2CNc3nc(NC(=O)C(C)(C)C)[nH]c(=O)c3C2)c1. The predicted octanol–water partition coefficient (Wildman–Crippen LogP) is 2.09. The number of aromatic nitrogens is 3. The number of carbonyl (C=O) groups excluding carboxylic acids is 2. The van der Waals surface area contributed by atoms with Gasteiger partial charge in [0.05, 0.1) is 18.2 Å². The van der Waals surface area contributed by atoms with E-state index in [0.29, 0.717) is 29.9 Å². The molecular weight excluding hydrogens is 374 g/mol. The highest BCUT2D eigenvalue weighted by Crippen LogP contribution is 2.24. The average Bonchev–Trinajstić information content (AvgIpc) is 3.14. The summed E-state index contributed by atoms with van der Waals surface area (Å²) >= 11 is 0. The maximum atomic E-state index is 12.5. The maximum Gasteiger partial charge on any atom is 0.339 e. The van der Waals surface area contributed by atoms with Gasteiger partial charge in [0.15, 0.2) is 0 Å². The van der Waals surface area contributed by atoms with Crippen molar-refractivity contribution in [1.82, 2.24) is 15.0 Å². The van der Waals surface area contributed by atoms with E-state index in [1.807, 2.05) is 0 Å². The number of ether oxygens (including phenoxy) is 1. The largest absolute Gasteiger partial charge is 0.465 e. The molecule has 1 aliphatic rings. The van der Waals surface area contributed by atoms with E-state index in [-0.39, 0.29) is 29.3 Å². The molecule has 1 unspecified atom stereocenters. The Labute approximate surface area is 168 Å². The topological polar surface area (TPSA) is 129 Å². The second kappa shape index (κ2) is 8.10. The fraction of sp³-hybridized carbons (Fsp3) is 0.500. The van der Waals surface area contributed by atoms with E-state index in [0.717, 1.165) is 18.5 Å². The molecule has 0 aliphatic carbocycles. The van der Waals surface area contributed by atoms with E-state index in [9.17, 15) is 14.4 Å². The number of nitrogens with one attached hydrogen (secondary N) is 4. The Hall–Kier alpha value is -3.10. The van der Waals surface area contributed by atoms with Crippen LogP contribution in [0.3, 0.4) is 0 Å². The van der Waals surface area contributed by atoms with Gasteiger partial charge in [-0.1, -0.05) is 20.8 Å². The fourth-order valence-electron chi connectivity index (χ4n) is 3.17. The lowest BCUT2D eigenvalue weighted by Gasteiger charge is -2.25. The van der Waals surface area contributed by atoms with Crippen molar-refractivity contribution in [3.8, 4) is 0 Å². The molecule has 1 aliphatic heterocycles. The summed E-state index contributed by atoms with van der Waals surface area (Å²) < 4.78 is 4.71. The molecule has 2 aromatic heterocycles. The minimum absolute atomic E-state index is 0.154. The molecule has 0 radical (unpaired) electrons. The Kier molecular flexibility index (Phi) is 5.76. The van der Waals surface area contributed by atoms with Crippen LogP contribution in [0.15, 0.2) is 17.1 Å². The number of hydrogen-bond acceptors (Lipinski definition) is 6. The van der Waals surface area contributed by atoms with Gasteiger partial charge in [-0.2, -0.15) is 4.98 Å². The molecule has 9 heteroatoms. The molecule has 0 spiro atoms. The van der Waals surface area contributed by atoms with Gasteiger partial charge in [0.25, 0.3) is 5.56 Å². The van der Waals surface area contributed by atoms with Gasteiger partial charge in [-0.25, -0.2) is 4.79 Å². The summed E-state index contributed by atoms with van der Waals surface area (Å²) in [6, 6.07) is 1.79. The van der Waals surface area contributed by atoms with Crippen LogP contribution in [-0.4, -0.2) is 40.5 Å². The van der Waals surface area contributed by atoms with Crippen LogP contribution in [0, 0.1) is 11.3 Å². The number of rotatable bonds is 5. The smallest absolute Gasteiger partial charge is 0.339 e. The van der Waals surface area contributed by atoms with E-state index >= 15 is 0 Å². The zero-order valence-electron chi connectivity index (χ0n) is 17.1. The number of aromatic amines is 2. The third-order valence-corrected chi connectivity index (χ3v) is 4.97.